The second-order valence-electron chi connectivity index (χ2n) is 3.74. The van der Waals surface area contributed by atoms with E-state index in [-0.39, 0.29) is 13.0 Å². The van der Waals surface area contributed by atoms with E-state index in [4.69, 9.17) is 0 Å². The molecule has 1 saturated heterocycles. The molecule has 0 unspecified atom stereocenters. The number of carbonyl (C=O) groups excluding carboxylic acids is 3. The van der Waals surface area contributed by atoms with Gasteiger partial charge in [0.25, 0.3) is 0 Å². The fraction of sp³-hybridized carbons (Fsp3) is 0.182. The number of hydrogen-bond acceptors (Lipinski definition) is 3. The maximum absolute atomic E-state index is 12.9. The van der Waals surface area contributed by atoms with Crippen LogP contribution in [0.25, 0.3) is 0 Å². The Balaban J connectivity index is 2.05. The molecular weight excluding hydrogens is 246 g/mol. The van der Waals surface area contributed by atoms with E-state index >= 15 is 0 Å². The molecule has 0 saturated carbocycles. The van der Waals surface area contributed by atoms with Gasteiger partial charge < -0.3 is 0 Å². The Bertz CT molecular complexity index is 525. The quantitative estimate of drug-likeness (QED) is 0.634. The monoisotopic (exact) mass is 254 g/mol. The van der Waals surface area contributed by atoms with Crippen molar-refractivity contribution in [2.45, 2.75) is 6.42 Å². The van der Waals surface area contributed by atoms with Gasteiger partial charge in [0.05, 0.1) is 0 Å². The number of rotatable bonds is 3. The van der Waals surface area contributed by atoms with Crippen LogP contribution in [0.1, 0.15) is 5.56 Å². The summed E-state index contributed by atoms with van der Waals surface area (Å²) >= 11 is 0. The van der Waals surface area contributed by atoms with Crippen LogP contribution in [0.5, 0.6) is 0 Å². The minimum atomic E-state index is -0.995. The molecule has 2 rings (SSSR count). The highest BCUT2D eigenvalue weighted by Gasteiger charge is 2.36. The van der Waals surface area contributed by atoms with Crippen molar-refractivity contribution in [3.8, 4) is 0 Å². The second-order valence-corrected chi connectivity index (χ2v) is 3.74. The summed E-state index contributed by atoms with van der Waals surface area (Å²) in [6.45, 7) is -0.112. The van der Waals surface area contributed by atoms with Gasteiger partial charge in [-0.3, -0.25) is 19.8 Å². The van der Waals surface area contributed by atoms with Gasteiger partial charge in [-0.1, -0.05) is 0 Å². The zero-order valence-corrected chi connectivity index (χ0v) is 9.07. The molecule has 1 aliphatic rings. The second kappa shape index (κ2) is 4.52. The topological polar surface area (TPSA) is 66.5 Å². The van der Waals surface area contributed by atoms with Crippen LogP contribution in [-0.2, 0) is 16.0 Å². The van der Waals surface area contributed by atoms with Crippen molar-refractivity contribution in [1.82, 2.24) is 10.2 Å². The summed E-state index contributed by atoms with van der Waals surface area (Å²) in [5.74, 6) is -3.43. The largest absolute Gasteiger partial charge is 0.331 e. The van der Waals surface area contributed by atoms with Gasteiger partial charge in [-0.25, -0.2) is 13.6 Å². The third kappa shape index (κ3) is 2.34. The van der Waals surface area contributed by atoms with Gasteiger partial charge in [-0.15, -0.1) is 0 Å². The van der Waals surface area contributed by atoms with Gasteiger partial charge in [-0.2, -0.15) is 0 Å². The van der Waals surface area contributed by atoms with Crippen LogP contribution in [0, 0.1) is 11.6 Å². The minimum Gasteiger partial charge on any atom is -0.269 e. The molecule has 0 spiro atoms. The van der Waals surface area contributed by atoms with Crippen LogP contribution in [-0.4, -0.2) is 29.3 Å². The molecule has 0 atom stereocenters. The maximum atomic E-state index is 12.9. The number of benzene rings is 1. The first-order chi connectivity index (χ1) is 8.47. The molecule has 0 aromatic heterocycles. The average molecular weight is 254 g/mol. The lowest BCUT2D eigenvalue weighted by Crippen LogP contribution is -2.32. The summed E-state index contributed by atoms with van der Waals surface area (Å²) in [6, 6.07) is 2.11. The minimum absolute atomic E-state index is 0.0706. The van der Waals surface area contributed by atoms with E-state index in [0.29, 0.717) is 10.5 Å². The van der Waals surface area contributed by atoms with Crippen LogP contribution in [0.4, 0.5) is 13.6 Å². The first-order valence-corrected chi connectivity index (χ1v) is 5.09. The van der Waals surface area contributed by atoms with Crippen LogP contribution in [0.2, 0.25) is 0 Å². The van der Waals surface area contributed by atoms with Crippen LogP contribution in [0.3, 0.4) is 0 Å². The lowest BCUT2D eigenvalue weighted by atomic mass is 10.1. The molecule has 1 fully saturated rings. The van der Waals surface area contributed by atoms with Crippen molar-refractivity contribution >= 4 is 17.8 Å². The number of nitrogens with zero attached hydrogens (tertiary/aromatic N) is 1. The number of carbonyl (C=O) groups is 3. The Hall–Kier alpha value is -2.31. The number of urea groups is 1. The van der Waals surface area contributed by atoms with Crippen LogP contribution < -0.4 is 5.32 Å². The Labute approximate surface area is 100 Å². The predicted molar refractivity (Wildman–Crippen MR) is 55.3 cm³/mol. The Morgan fingerprint density at radius 1 is 1.06 bits per heavy atom. The molecule has 1 aliphatic heterocycles. The molecule has 5 nitrogen and oxygen atoms in total. The van der Waals surface area contributed by atoms with E-state index < -0.39 is 29.5 Å². The first kappa shape index (κ1) is 12.2. The van der Waals surface area contributed by atoms with Crippen molar-refractivity contribution in [3.63, 3.8) is 0 Å². The van der Waals surface area contributed by atoms with E-state index in [1.165, 1.54) is 0 Å². The summed E-state index contributed by atoms with van der Waals surface area (Å²) < 4.78 is 25.8. The van der Waals surface area contributed by atoms with Crippen molar-refractivity contribution < 1.29 is 23.2 Å². The molecule has 0 aliphatic carbocycles. The van der Waals surface area contributed by atoms with E-state index in [2.05, 4.69) is 0 Å². The summed E-state index contributed by atoms with van der Waals surface area (Å²) in [7, 11) is 0. The maximum Gasteiger partial charge on any atom is 0.331 e. The highest BCUT2D eigenvalue weighted by Crippen LogP contribution is 2.10. The first-order valence-electron chi connectivity index (χ1n) is 5.09. The molecule has 0 radical (unpaired) electrons. The molecule has 1 aromatic rings. The smallest absolute Gasteiger partial charge is 0.269 e. The number of amides is 4. The van der Waals surface area contributed by atoms with Gasteiger partial charge in [-0.05, 0) is 24.1 Å². The van der Waals surface area contributed by atoms with Crippen LogP contribution >= 0.6 is 0 Å². The highest BCUT2D eigenvalue weighted by molar-refractivity contribution is 6.44. The number of hydrogen-bond donors (Lipinski definition) is 1. The van der Waals surface area contributed by atoms with Crippen molar-refractivity contribution in [3.05, 3.63) is 35.4 Å². The lowest BCUT2D eigenvalue weighted by Gasteiger charge is -2.10. The van der Waals surface area contributed by atoms with Gasteiger partial charge in [0.15, 0.2) is 0 Å². The fourth-order valence-electron chi connectivity index (χ4n) is 1.63. The summed E-state index contributed by atoms with van der Waals surface area (Å²) in [6.07, 6.45) is 0.0706. The Kier molecular flexibility index (Phi) is 3.05. The van der Waals surface area contributed by atoms with Gasteiger partial charge >= 0.3 is 17.8 Å². The summed E-state index contributed by atoms with van der Waals surface area (Å²) in [4.78, 5) is 34.0. The van der Waals surface area contributed by atoms with Crippen molar-refractivity contribution in [2.24, 2.45) is 0 Å². The Morgan fingerprint density at radius 3 is 2.17 bits per heavy atom. The molecule has 1 heterocycles. The molecule has 4 amide bonds. The molecule has 94 valence electrons. The SMILES string of the molecule is O=C1NC(=O)N(CCc2cc(F)cc(F)c2)C1=O. The zero-order chi connectivity index (χ0) is 13.3. The Morgan fingerprint density at radius 2 is 1.67 bits per heavy atom. The molecule has 18 heavy (non-hydrogen) atoms. The standard InChI is InChI=1S/C11H8F2N2O3/c12-7-3-6(4-8(13)5-7)1-2-15-10(17)9(16)14-11(15)18/h3-5H,1-2H2,(H,14,16,18). The summed E-state index contributed by atoms with van der Waals surface area (Å²) in [5, 5.41) is 1.83. The fourth-order valence-corrected chi connectivity index (χ4v) is 1.63. The normalized spacial score (nSPS) is 15.2. The van der Waals surface area contributed by atoms with Crippen molar-refractivity contribution in [2.75, 3.05) is 6.54 Å². The molecule has 1 aromatic carbocycles. The van der Waals surface area contributed by atoms with Gasteiger partial charge in [0.2, 0.25) is 0 Å². The average Bonchev–Trinajstić information content (AvgIpc) is 2.50. The lowest BCUT2D eigenvalue weighted by molar-refractivity contribution is -0.140. The molecule has 1 N–H and O–H groups in total. The van der Waals surface area contributed by atoms with E-state index in [0.717, 1.165) is 18.2 Å². The molecular formula is C11H8F2N2O3. The number of halogens is 2. The van der Waals surface area contributed by atoms with Crippen molar-refractivity contribution in [1.29, 1.82) is 0 Å². The van der Waals surface area contributed by atoms with Crippen LogP contribution in [0.15, 0.2) is 18.2 Å². The predicted octanol–water partition coefficient (Wildman–Crippen LogP) is 0.586. The van der Waals surface area contributed by atoms with E-state index in [1.54, 1.807) is 0 Å². The van der Waals surface area contributed by atoms with E-state index in [1.807, 2.05) is 5.32 Å². The third-order valence-electron chi connectivity index (χ3n) is 2.45. The number of imide groups is 2. The number of nitrogens with one attached hydrogen (secondary N) is 1. The highest BCUT2D eigenvalue weighted by atomic mass is 19.1. The van der Waals surface area contributed by atoms with Gasteiger partial charge in [0, 0.05) is 12.6 Å². The summed E-state index contributed by atoms with van der Waals surface area (Å²) in [5.41, 5.74) is 0.299. The zero-order valence-electron chi connectivity index (χ0n) is 9.07. The third-order valence-corrected chi connectivity index (χ3v) is 2.45. The van der Waals surface area contributed by atoms with E-state index in [9.17, 15) is 23.2 Å². The molecule has 7 heteroatoms. The molecule has 0 bridgehead atoms. The van der Waals surface area contributed by atoms with Gasteiger partial charge in [0.1, 0.15) is 11.6 Å².